The molecule has 0 atom stereocenters. The van der Waals surface area contributed by atoms with Crippen LogP contribution in [0.3, 0.4) is 0 Å². The van der Waals surface area contributed by atoms with E-state index < -0.39 is 10.0 Å². The number of sulfonamides is 1. The highest BCUT2D eigenvalue weighted by atomic mass is 32.2. The molecule has 1 aromatic heterocycles. The molecular formula is C12H14N4O2S. The summed E-state index contributed by atoms with van der Waals surface area (Å²) in [5.74, 6) is 0.0334. The third-order valence-corrected chi connectivity index (χ3v) is 3.98. The average Bonchev–Trinajstić information content (AvgIpc) is 2.35. The number of para-hydroxylation sites is 1. The van der Waals surface area contributed by atoms with Crippen LogP contribution in [0, 0.1) is 13.8 Å². The molecule has 6 nitrogen and oxygen atoms in total. The van der Waals surface area contributed by atoms with E-state index >= 15 is 0 Å². The number of rotatable bonds is 3. The summed E-state index contributed by atoms with van der Waals surface area (Å²) in [6, 6.07) is 5.55. The minimum Gasteiger partial charge on any atom is -0.368 e. The van der Waals surface area contributed by atoms with Gasteiger partial charge in [-0.25, -0.2) is 18.4 Å². The quantitative estimate of drug-likeness (QED) is 0.886. The van der Waals surface area contributed by atoms with Crippen LogP contribution in [-0.2, 0) is 10.0 Å². The van der Waals surface area contributed by atoms with Gasteiger partial charge in [0.05, 0.1) is 18.1 Å². The Morgan fingerprint density at radius 3 is 2.16 bits per heavy atom. The largest absolute Gasteiger partial charge is 0.368 e. The van der Waals surface area contributed by atoms with Crippen LogP contribution in [0.2, 0.25) is 0 Å². The van der Waals surface area contributed by atoms with Gasteiger partial charge in [0.2, 0.25) is 5.95 Å². The van der Waals surface area contributed by atoms with Gasteiger partial charge in [-0.1, -0.05) is 18.2 Å². The SMILES string of the molecule is Cc1cccc(C)c1NS(=O)(=O)c1cnc(N)nc1. The molecule has 0 saturated heterocycles. The Bertz CT molecular complexity index is 676. The van der Waals surface area contributed by atoms with E-state index in [1.54, 1.807) is 0 Å². The topological polar surface area (TPSA) is 98.0 Å². The van der Waals surface area contributed by atoms with Crippen molar-refractivity contribution in [2.75, 3.05) is 10.5 Å². The molecule has 2 rings (SSSR count). The molecule has 1 heterocycles. The molecule has 0 radical (unpaired) electrons. The van der Waals surface area contributed by atoms with Gasteiger partial charge in [0.1, 0.15) is 4.90 Å². The van der Waals surface area contributed by atoms with Crippen molar-refractivity contribution in [3.05, 3.63) is 41.7 Å². The maximum atomic E-state index is 12.2. The first-order valence-corrected chi connectivity index (χ1v) is 7.05. The fraction of sp³-hybridized carbons (Fsp3) is 0.167. The Labute approximate surface area is 111 Å². The number of nitrogens with two attached hydrogens (primary N) is 1. The lowest BCUT2D eigenvalue weighted by Crippen LogP contribution is -2.15. The van der Waals surface area contributed by atoms with Crippen LogP contribution in [0.1, 0.15) is 11.1 Å². The van der Waals surface area contributed by atoms with Gasteiger partial charge in [-0.3, -0.25) is 4.72 Å². The van der Waals surface area contributed by atoms with Gasteiger partial charge in [0, 0.05) is 0 Å². The van der Waals surface area contributed by atoms with Crippen LogP contribution in [0.4, 0.5) is 11.6 Å². The van der Waals surface area contributed by atoms with E-state index in [-0.39, 0.29) is 10.8 Å². The van der Waals surface area contributed by atoms with Crippen molar-refractivity contribution in [1.29, 1.82) is 0 Å². The van der Waals surface area contributed by atoms with Crippen molar-refractivity contribution < 1.29 is 8.42 Å². The van der Waals surface area contributed by atoms with Crippen LogP contribution in [0.5, 0.6) is 0 Å². The molecule has 7 heteroatoms. The van der Waals surface area contributed by atoms with E-state index in [4.69, 9.17) is 5.73 Å². The van der Waals surface area contributed by atoms with Gasteiger partial charge in [-0.2, -0.15) is 0 Å². The van der Waals surface area contributed by atoms with E-state index in [1.807, 2.05) is 32.0 Å². The number of aromatic nitrogens is 2. The van der Waals surface area contributed by atoms with E-state index in [0.717, 1.165) is 11.1 Å². The Kier molecular flexibility index (Phi) is 3.39. The number of aryl methyl sites for hydroxylation is 2. The highest BCUT2D eigenvalue weighted by molar-refractivity contribution is 7.92. The van der Waals surface area contributed by atoms with Crippen molar-refractivity contribution >= 4 is 21.7 Å². The Hall–Kier alpha value is -2.15. The normalized spacial score (nSPS) is 11.3. The number of hydrogen-bond donors (Lipinski definition) is 2. The molecule has 0 fully saturated rings. The maximum absolute atomic E-state index is 12.2. The lowest BCUT2D eigenvalue weighted by molar-refractivity contribution is 0.600. The maximum Gasteiger partial charge on any atom is 0.264 e. The van der Waals surface area contributed by atoms with Crippen molar-refractivity contribution in [2.45, 2.75) is 18.7 Å². The molecule has 0 aliphatic rings. The van der Waals surface area contributed by atoms with E-state index in [2.05, 4.69) is 14.7 Å². The number of hydrogen-bond acceptors (Lipinski definition) is 5. The summed E-state index contributed by atoms with van der Waals surface area (Å²) in [5, 5.41) is 0. The number of benzene rings is 1. The van der Waals surface area contributed by atoms with Gasteiger partial charge >= 0.3 is 0 Å². The first-order chi connectivity index (χ1) is 8.90. The molecule has 1 aromatic carbocycles. The highest BCUT2D eigenvalue weighted by Gasteiger charge is 2.17. The molecular weight excluding hydrogens is 264 g/mol. The summed E-state index contributed by atoms with van der Waals surface area (Å²) >= 11 is 0. The summed E-state index contributed by atoms with van der Waals surface area (Å²) in [6.07, 6.45) is 2.36. The van der Waals surface area contributed by atoms with Crippen LogP contribution < -0.4 is 10.5 Å². The predicted molar refractivity (Wildman–Crippen MR) is 73.2 cm³/mol. The fourth-order valence-electron chi connectivity index (χ4n) is 1.63. The molecule has 0 spiro atoms. The molecule has 0 aliphatic carbocycles. The lowest BCUT2D eigenvalue weighted by Gasteiger charge is -2.12. The molecule has 0 amide bonds. The minimum absolute atomic E-state index is 0.0237. The van der Waals surface area contributed by atoms with Crippen molar-refractivity contribution in [3.63, 3.8) is 0 Å². The lowest BCUT2D eigenvalue weighted by atomic mass is 10.1. The summed E-state index contributed by atoms with van der Waals surface area (Å²) in [6.45, 7) is 3.68. The first-order valence-electron chi connectivity index (χ1n) is 5.57. The molecule has 19 heavy (non-hydrogen) atoms. The Balaban J connectivity index is 2.39. The van der Waals surface area contributed by atoms with Gasteiger partial charge in [-0.05, 0) is 25.0 Å². The zero-order valence-corrected chi connectivity index (χ0v) is 11.4. The number of nitrogen functional groups attached to an aromatic ring is 1. The van der Waals surface area contributed by atoms with E-state index in [1.165, 1.54) is 12.4 Å². The fourth-order valence-corrected chi connectivity index (χ4v) is 2.73. The smallest absolute Gasteiger partial charge is 0.264 e. The molecule has 0 unspecified atom stereocenters. The number of nitrogens with one attached hydrogen (secondary N) is 1. The Morgan fingerprint density at radius 2 is 1.63 bits per heavy atom. The van der Waals surface area contributed by atoms with E-state index in [9.17, 15) is 8.42 Å². The molecule has 2 aromatic rings. The number of anilines is 2. The Morgan fingerprint density at radius 1 is 1.11 bits per heavy atom. The van der Waals surface area contributed by atoms with Gasteiger partial charge in [-0.15, -0.1) is 0 Å². The second-order valence-corrected chi connectivity index (χ2v) is 5.83. The predicted octanol–water partition coefficient (Wildman–Crippen LogP) is 1.48. The van der Waals surface area contributed by atoms with Crippen LogP contribution >= 0.6 is 0 Å². The monoisotopic (exact) mass is 278 g/mol. The van der Waals surface area contributed by atoms with Crippen LogP contribution in [0.25, 0.3) is 0 Å². The summed E-state index contributed by atoms with van der Waals surface area (Å²) < 4.78 is 26.9. The van der Waals surface area contributed by atoms with E-state index in [0.29, 0.717) is 5.69 Å². The van der Waals surface area contributed by atoms with Gasteiger partial charge in [0.15, 0.2) is 0 Å². The molecule has 0 saturated carbocycles. The average molecular weight is 278 g/mol. The zero-order chi connectivity index (χ0) is 14.0. The van der Waals surface area contributed by atoms with Crippen molar-refractivity contribution in [2.24, 2.45) is 0 Å². The standard InChI is InChI=1S/C12H14N4O2S/c1-8-4-3-5-9(2)11(8)16-19(17,18)10-6-14-12(13)15-7-10/h3-7,16H,1-2H3,(H2,13,14,15). The molecule has 0 aliphatic heterocycles. The summed E-state index contributed by atoms with van der Waals surface area (Å²) in [7, 11) is -3.71. The van der Waals surface area contributed by atoms with Gasteiger partial charge < -0.3 is 5.73 Å². The second kappa shape index (κ2) is 4.85. The third kappa shape index (κ3) is 2.82. The van der Waals surface area contributed by atoms with Crippen LogP contribution in [0.15, 0.2) is 35.5 Å². The minimum atomic E-state index is -3.71. The highest BCUT2D eigenvalue weighted by Crippen LogP contribution is 2.22. The first kappa shape index (κ1) is 13.3. The number of nitrogens with zero attached hydrogens (tertiary/aromatic N) is 2. The molecule has 100 valence electrons. The summed E-state index contributed by atoms with van der Waals surface area (Å²) in [5.41, 5.74) is 7.60. The summed E-state index contributed by atoms with van der Waals surface area (Å²) in [4.78, 5) is 7.34. The van der Waals surface area contributed by atoms with Gasteiger partial charge in [0.25, 0.3) is 10.0 Å². The van der Waals surface area contributed by atoms with Crippen molar-refractivity contribution in [1.82, 2.24) is 9.97 Å². The van der Waals surface area contributed by atoms with Crippen LogP contribution in [-0.4, -0.2) is 18.4 Å². The molecule has 3 N–H and O–H groups in total. The zero-order valence-electron chi connectivity index (χ0n) is 10.6. The molecule has 0 bridgehead atoms. The van der Waals surface area contributed by atoms with Crippen molar-refractivity contribution in [3.8, 4) is 0 Å². The second-order valence-electron chi connectivity index (χ2n) is 4.15. The third-order valence-electron chi connectivity index (χ3n) is 2.68.